The van der Waals surface area contributed by atoms with E-state index >= 15 is 0 Å². The van der Waals surface area contributed by atoms with Crippen LogP contribution >= 0.6 is 0 Å². The molecule has 2 amide bonds. The van der Waals surface area contributed by atoms with Gasteiger partial charge in [0, 0.05) is 5.69 Å². The van der Waals surface area contributed by atoms with E-state index in [-0.39, 0.29) is 23.6 Å². The number of rotatable bonds is 8. The van der Waals surface area contributed by atoms with Crippen molar-refractivity contribution in [3.8, 4) is 17.6 Å². The highest BCUT2D eigenvalue weighted by Gasteiger charge is 2.13. The summed E-state index contributed by atoms with van der Waals surface area (Å²) in [5.74, 6) is -1.08. The number of hydrogen-bond acceptors (Lipinski definition) is 5. The molecule has 0 radical (unpaired) electrons. The third kappa shape index (κ3) is 6.43. The molecule has 2 N–H and O–H groups in total. The number of carbonyl (C=O) groups is 2. The van der Waals surface area contributed by atoms with Crippen molar-refractivity contribution in [2.45, 2.75) is 6.92 Å². The van der Waals surface area contributed by atoms with Crippen LogP contribution in [0.15, 0.2) is 72.3 Å². The van der Waals surface area contributed by atoms with Crippen LogP contribution < -0.4 is 20.1 Å². The molecule has 3 aromatic rings. The number of nitrogens with zero attached hydrogens (tertiary/aromatic N) is 1. The third-order valence-corrected chi connectivity index (χ3v) is 4.68. The Hall–Kier alpha value is -4.64. The maximum atomic E-state index is 13.7. The number of ether oxygens (including phenoxy) is 2. The Morgan fingerprint density at radius 1 is 1.03 bits per heavy atom. The molecule has 0 atom stereocenters. The number of anilines is 2. The van der Waals surface area contributed by atoms with Crippen LogP contribution in [0.5, 0.6) is 11.5 Å². The Morgan fingerprint density at radius 2 is 1.76 bits per heavy atom. The lowest BCUT2D eigenvalue weighted by atomic mass is 10.1. The first-order chi connectivity index (χ1) is 16.4. The van der Waals surface area contributed by atoms with Crippen LogP contribution in [-0.2, 0) is 9.59 Å². The van der Waals surface area contributed by atoms with Gasteiger partial charge in [0.15, 0.2) is 18.1 Å². The van der Waals surface area contributed by atoms with Crippen molar-refractivity contribution in [2.24, 2.45) is 0 Å². The highest BCUT2D eigenvalue weighted by Crippen LogP contribution is 2.29. The van der Waals surface area contributed by atoms with Crippen LogP contribution in [0.25, 0.3) is 6.08 Å². The molecule has 0 saturated heterocycles. The second-order valence-electron chi connectivity index (χ2n) is 7.22. The fourth-order valence-corrected chi connectivity index (χ4v) is 2.94. The van der Waals surface area contributed by atoms with E-state index in [9.17, 15) is 19.2 Å². The van der Waals surface area contributed by atoms with E-state index in [2.05, 4.69) is 10.6 Å². The van der Waals surface area contributed by atoms with Gasteiger partial charge < -0.3 is 20.1 Å². The number of para-hydroxylation sites is 1. The van der Waals surface area contributed by atoms with Crippen molar-refractivity contribution in [1.82, 2.24) is 0 Å². The van der Waals surface area contributed by atoms with Crippen LogP contribution in [0.3, 0.4) is 0 Å². The van der Waals surface area contributed by atoms with E-state index in [1.807, 2.05) is 25.1 Å². The number of hydrogen-bond donors (Lipinski definition) is 2. The highest BCUT2D eigenvalue weighted by atomic mass is 19.1. The van der Waals surface area contributed by atoms with E-state index in [0.717, 1.165) is 5.56 Å². The van der Waals surface area contributed by atoms with Crippen LogP contribution in [0.2, 0.25) is 0 Å². The van der Waals surface area contributed by atoms with Gasteiger partial charge >= 0.3 is 0 Å². The maximum Gasteiger partial charge on any atom is 0.266 e. The maximum absolute atomic E-state index is 13.7. The lowest BCUT2D eigenvalue weighted by Gasteiger charge is -2.12. The summed E-state index contributed by atoms with van der Waals surface area (Å²) in [5.41, 5.74) is 2.10. The molecule has 7 nitrogen and oxygen atoms in total. The molecule has 3 rings (SSSR count). The lowest BCUT2D eigenvalue weighted by Crippen LogP contribution is -2.20. The zero-order chi connectivity index (χ0) is 24.5. The molecule has 0 fully saturated rings. The third-order valence-electron chi connectivity index (χ3n) is 4.68. The van der Waals surface area contributed by atoms with Gasteiger partial charge in [0.25, 0.3) is 11.8 Å². The number of nitriles is 1. The molecule has 3 aromatic carbocycles. The number of amides is 2. The summed E-state index contributed by atoms with van der Waals surface area (Å²) in [5, 5.41) is 14.5. The van der Waals surface area contributed by atoms with Crippen LogP contribution in [0, 0.1) is 24.1 Å². The second-order valence-corrected chi connectivity index (χ2v) is 7.22. The Bertz CT molecular complexity index is 1260. The Balaban J connectivity index is 1.68. The molecule has 0 aliphatic heterocycles. The quantitative estimate of drug-likeness (QED) is 0.376. The summed E-state index contributed by atoms with van der Waals surface area (Å²) < 4.78 is 24.5. The molecule has 0 saturated carbocycles. The van der Waals surface area contributed by atoms with Crippen molar-refractivity contribution >= 4 is 29.3 Å². The van der Waals surface area contributed by atoms with Crippen LogP contribution in [0.4, 0.5) is 15.8 Å². The summed E-state index contributed by atoms with van der Waals surface area (Å²) in [6, 6.07) is 19.6. The van der Waals surface area contributed by atoms with Gasteiger partial charge in [-0.05, 0) is 55.0 Å². The first-order valence-electron chi connectivity index (χ1n) is 10.2. The van der Waals surface area contributed by atoms with Gasteiger partial charge in [0.2, 0.25) is 0 Å². The fraction of sp³-hybridized carbons (Fsp3) is 0.115. The summed E-state index contributed by atoms with van der Waals surface area (Å²) in [6.45, 7) is 1.56. The molecule has 34 heavy (non-hydrogen) atoms. The van der Waals surface area contributed by atoms with E-state index in [1.165, 1.54) is 31.4 Å². The van der Waals surface area contributed by atoms with Crippen LogP contribution in [0.1, 0.15) is 11.1 Å². The van der Waals surface area contributed by atoms with Crippen molar-refractivity contribution in [3.05, 3.63) is 89.2 Å². The minimum absolute atomic E-state index is 0.0523. The molecule has 0 aliphatic carbocycles. The first kappa shape index (κ1) is 24.0. The molecule has 0 unspecified atom stereocenters. The minimum atomic E-state index is -0.552. The first-order valence-corrected chi connectivity index (χ1v) is 10.2. The summed E-state index contributed by atoms with van der Waals surface area (Å²) >= 11 is 0. The Morgan fingerprint density at radius 3 is 2.44 bits per heavy atom. The molecule has 0 spiro atoms. The molecular formula is C26H22FN3O4. The van der Waals surface area contributed by atoms with E-state index < -0.39 is 17.6 Å². The van der Waals surface area contributed by atoms with Gasteiger partial charge in [-0.3, -0.25) is 9.59 Å². The molecule has 172 valence electrons. The highest BCUT2D eigenvalue weighted by molar-refractivity contribution is 6.09. The SMILES string of the molecule is COc1cc(/C=C(/C#N)C(=O)Nc2ccc(C)cc2)ccc1OCC(=O)Nc1ccccc1F. The normalized spacial score (nSPS) is 10.7. The smallest absolute Gasteiger partial charge is 0.266 e. The van der Waals surface area contributed by atoms with E-state index in [0.29, 0.717) is 17.0 Å². The summed E-state index contributed by atoms with van der Waals surface area (Å²) in [6.07, 6.45) is 1.42. The van der Waals surface area contributed by atoms with Crippen molar-refractivity contribution < 1.29 is 23.5 Å². The van der Waals surface area contributed by atoms with E-state index in [1.54, 1.807) is 36.4 Å². The zero-order valence-electron chi connectivity index (χ0n) is 18.6. The number of benzene rings is 3. The average Bonchev–Trinajstić information content (AvgIpc) is 2.84. The molecular weight excluding hydrogens is 437 g/mol. The monoisotopic (exact) mass is 459 g/mol. The predicted octanol–water partition coefficient (Wildman–Crippen LogP) is 4.71. The Kier molecular flexibility index (Phi) is 7.97. The van der Waals surface area contributed by atoms with Gasteiger partial charge in [-0.15, -0.1) is 0 Å². The molecule has 0 aliphatic rings. The minimum Gasteiger partial charge on any atom is -0.493 e. The van der Waals surface area contributed by atoms with Gasteiger partial charge in [-0.2, -0.15) is 5.26 Å². The number of aryl methyl sites for hydroxylation is 1. The van der Waals surface area contributed by atoms with Crippen molar-refractivity contribution in [1.29, 1.82) is 5.26 Å². The van der Waals surface area contributed by atoms with Crippen molar-refractivity contribution in [2.75, 3.05) is 24.4 Å². The number of methoxy groups -OCH3 is 1. The topological polar surface area (TPSA) is 100 Å². The largest absolute Gasteiger partial charge is 0.493 e. The number of carbonyl (C=O) groups excluding carboxylic acids is 2. The zero-order valence-corrected chi connectivity index (χ0v) is 18.6. The van der Waals surface area contributed by atoms with Gasteiger partial charge in [0.05, 0.1) is 12.8 Å². The van der Waals surface area contributed by atoms with E-state index in [4.69, 9.17) is 9.47 Å². The van der Waals surface area contributed by atoms with Gasteiger partial charge in [0.1, 0.15) is 17.5 Å². The van der Waals surface area contributed by atoms with Crippen LogP contribution in [-0.4, -0.2) is 25.5 Å². The standard InChI is InChI=1S/C26H22FN3O4/c1-17-7-10-20(11-8-17)29-26(32)19(15-28)13-18-9-12-23(24(14-18)33-2)34-16-25(31)30-22-6-4-3-5-21(22)27/h3-14H,16H2,1-2H3,(H,29,32)(H,30,31)/b19-13-. The summed E-state index contributed by atoms with van der Waals surface area (Å²) in [7, 11) is 1.42. The fourth-order valence-electron chi connectivity index (χ4n) is 2.94. The molecule has 0 heterocycles. The van der Waals surface area contributed by atoms with Gasteiger partial charge in [-0.1, -0.05) is 35.9 Å². The predicted molar refractivity (Wildman–Crippen MR) is 127 cm³/mol. The molecule has 0 bridgehead atoms. The average molecular weight is 459 g/mol. The number of nitrogens with one attached hydrogen (secondary N) is 2. The molecule has 0 aromatic heterocycles. The second kappa shape index (κ2) is 11.3. The number of halogens is 1. The lowest BCUT2D eigenvalue weighted by molar-refractivity contribution is -0.118. The summed E-state index contributed by atoms with van der Waals surface area (Å²) in [4.78, 5) is 24.6. The van der Waals surface area contributed by atoms with Gasteiger partial charge in [-0.25, -0.2) is 4.39 Å². The molecule has 8 heteroatoms. The Labute approximate surface area is 196 Å². The van der Waals surface area contributed by atoms with Crippen molar-refractivity contribution in [3.63, 3.8) is 0 Å².